The zero-order valence-corrected chi connectivity index (χ0v) is 13.2. The van der Waals surface area contributed by atoms with Crippen molar-refractivity contribution in [2.24, 2.45) is 0 Å². The van der Waals surface area contributed by atoms with Crippen LogP contribution in [0.3, 0.4) is 0 Å². The monoisotopic (exact) mass is 366 g/mol. The van der Waals surface area contributed by atoms with Crippen molar-refractivity contribution in [3.63, 3.8) is 0 Å². The Hall–Kier alpha value is -2.45. The maximum Gasteiger partial charge on any atom is 0.336 e. The van der Waals surface area contributed by atoms with Gasteiger partial charge in [0.2, 0.25) is 34.8 Å². The van der Waals surface area contributed by atoms with E-state index in [-0.39, 0.29) is 6.61 Å². The molecule has 0 bridgehead atoms. The van der Waals surface area contributed by atoms with Crippen LogP contribution in [0.2, 0.25) is 0 Å². The second-order valence-electron chi connectivity index (χ2n) is 4.88. The van der Waals surface area contributed by atoms with Gasteiger partial charge in [0.05, 0.1) is 6.61 Å². The predicted octanol–water partition coefficient (Wildman–Crippen LogP) is 3.97. The van der Waals surface area contributed by atoms with E-state index < -0.39 is 46.8 Å². The number of esters is 2. The highest BCUT2D eigenvalue weighted by Crippen LogP contribution is 2.29. The molecule has 0 unspecified atom stereocenters. The Morgan fingerprint density at radius 1 is 0.800 bits per heavy atom. The molecular weight excluding hydrogens is 351 g/mol. The number of unbranched alkanes of at least 4 members (excludes halogenated alkanes) is 3. The molecular formula is C16H15F5O4. The van der Waals surface area contributed by atoms with E-state index in [1.54, 1.807) is 0 Å². The number of hydrogen-bond donors (Lipinski definition) is 0. The van der Waals surface area contributed by atoms with Crippen LogP contribution in [0, 0.1) is 29.1 Å². The van der Waals surface area contributed by atoms with Crippen molar-refractivity contribution in [1.82, 2.24) is 0 Å². The fraction of sp³-hybridized carbons (Fsp3) is 0.375. The van der Waals surface area contributed by atoms with Crippen LogP contribution in [-0.2, 0) is 14.3 Å². The third-order valence-electron chi connectivity index (χ3n) is 2.97. The van der Waals surface area contributed by atoms with E-state index in [1.165, 1.54) is 0 Å². The van der Waals surface area contributed by atoms with Crippen LogP contribution in [0.4, 0.5) is 22.0 Å². The molecule has 0 aliphatic rings. The summed E-state index contributed by atoms with van der Waals surface area (Å²) in [5.74, 6) is -15.6. The van der Waals surface area contributed by atoms with Gasteiger partial charge < -0.3 is 9.47 Å². The standard InChI is InChI=1S/C16H15F5O4/c1-2-3-4-5-8-24-9(22)6-7-10(23)25-16-14(20)12(18)11(17)13(19)15(16)21/h6-7H,2-5,8H2,1H3/b7-6+. The lowest BCUT2D eigenvalue weighted by atomic mass is 10.2. The van der Waals surface area contributed by atoms with Gasteiger partial charge in [-0.2, -0.15) is 8.78 Å². The van der Waals surface area contributed by atoms with Crippen molar-refractivity contribution >= 4 is 11.9 Å². The lowest BCUT2D eigenvalue weighted by molar-refractivity contribution is -0.138. The lowest BCUT2D eigenvalue weighted by Gasteiger charge is -2.07. The van der Waals surface area contributed by atoms with Gasteiger partial charge in [0.1, 0.15) is 0 Å². The number of carbonyl (C=O) groups excluding carboxylic acids is 2. The van der Waals surface area contributed by atoms with Gasteiger partial charge in [0, 0.05) is 12.2 Å². The molecule has 4 nitrogen and oxygen atoms in total. The average Bonchev–Trinajstić information content (AvgIpc) is 2.60. The molecule has 1 rings (SSSR count). The summed E-state index contributed by atoms with van der Waals surface area (Å²) in [5.41, 5.74) is 0. The quantitative estimate of drug-likeness (QED) is 0.133. The van der Waals surface area contributed by atoms with Gasteiger partial charge in [-0.15, -0.1) is 0 Å². The topological polar surface area (TPSA) is 52.6 Å². The Labute approximate surface area is 140 Å². The summed E-state index contributed by atoms with van der Waals surface area (Å²) >= 11 is 0. The van der Waals surface area contributed by atoms with Gasteiger partial charge in [-0.3, -0.25) is 0 Å². The van der Waals surface area contributed by atoms with Gasteiger partial charge in [-0.25, -0.2) is 22.8 Å². The molecule has 0 amide bonds. The third kappa shape index (κ3) is 5.84. The van der Waals surface area contributed by atoms with Gasteiger partial charge in [-0.1, -0.05) is 26.2 Å². The fourth-order valence-corrected chi connectivity index (χ4v) is 1.69. The summed E-state index contributed by atoms with van der Waals surface area (Å²) < 4.78 is 74.2. The number of halogens is 5. The van der Waals surface area contributed by atoms with Crippen molar-refractivity contribution in [2.45, 2.75) is 32.6 Å². The summed E-state index contributed by atoms with van der Waals surface area (Å²) in [6, 6.07) is 0. The molecule has 0 fully saturated rings. The fourth-order valence-electron chi connectivity index (χ4n) is 1.69. The van der Waals surface area contributed by atoms with Gasteiger partial charge in [0.25, 0.3) is 0 Å². The number of ether oxygens (including phenoxy) is 2. The first-order valence-electron chi connectivity index (χ1n) is 7.37. The largest absolute Gasteiger partial charge is 0.463 e. The van der Waals surface area contributed by atoms with Crippen molar-refractivity contribution in [1.29, 1.82) is 0 Å². The number of hydrogen-bond acceptors (Lipinski definition) is 4. The average molecular weight is 366 g/mol. The number of carbonyl (C=O) groups is 2. The third-order valence-corrected chi connectivity index (χ3v) is 2.97. The van der Waals surface area contributed by atoms with E-state index in [0.29, 0.717) is 18.6 Å². The summed E-state index contributed by atoms with van der Waals surface area (Å²) in [6.07, 6.45) is 4.53. The van der Waals surface area contributed by atoms with Crippen LogP contribution in [0.15, 0.2) is 12.2 Å². The van der Waals surface area contributed by atoms with E-state index in [2.05, 4.69) is 4.74 Å². The van der Waals surface area contributed by atoms with E-state index in [1.807, 2.05) is 6.92 Å². The first-order chi connectivity index (χ1) is 11.8. The second-order valence-corrected chi connectivity index (χ2v) is 4.88. The first-order valence-corrected chi connectivity index (χ1v) is 7.37. The minimum atomic E-state index is -2.38. The molecule has 0 saturated carbocycles. The molecule has 0 aliphatic heterocycles. The minimum absolute atomic E-state index is 0.121. The zero-order valence-electron chi connectivity index (χ0n) is 13.2. The maximum absolute atomic E-state index is 13.3. The van der Waals surface area contributed by atoms with Crippen molar-refractivity contribution < 1.29 is 41.0 Å². The summed E-state index contributed by atoms with van der Waals surface area (Å²) in [6.45, 7) is 2.13. The van der Waals surface area contributed by atoms with E-state index in [4.69, 9.17) is 4.74 Å². The zero-order chi connectivity index (χ0) is 19.0. The number of rotatable bonds is 8. The molecule has 0 saturated heterocycles. The Bertz CT molecular complexity index is 644. The predicted molar refractivity (Wildman–Crippen MR) is 76.1 cm³/mol. The highest BCUT2D eigenvalue weighted by atomic mass is 19.2. The normalized spacial score (nSPS) is 11.0. The molecule has 0 radical (unpaired) electrons. The molecule has 25 heavy (non-hydrogen) atoms. The van der Waals surface area contributed by atoms with Gasteiger partial charge in [0.15, 0.2) is 0 Å². The maximum atomic E-state index is 13.3. The van der Waals surface area contributed by atoms with E-state index in [9.17, 15) is 31.5 Å². The molecule has 1 aromatic carbocycles. The van der Waals surface area contributed by atoms with Crippen molar-refractivity contribution in [2.75, 3.05) is 6.61 Å². The summed E-state index contributed by atoms with van der Waals surface area (Å²) in [5, 5.41) is 0. The number of benzene rings is 1. The first kappa shape index (κ1) is 20.6. The smallest absolute Gasteiger partial charge is 0.336 e. The van der Waals surface area contributed by atoms with Crippen molar-refractivity contribution in [3.05, 3.63) is 41.2 Å². The van der Waals surface area contributed by atoms with E-state index >= 15 is 0 Å². The Morgan fingerprint density at radius 3 is 1.88 bits per heavy atom. The molecule has 0 heterocycles. The molecule has 1 aromatic rings. The van der Waals surface area contributed by atoms with Crippen LogP contribution in [0.5, 0.6) is 5.75 Å². The Kier molecular flexibility index (Phi) is 8.03. The molecule has 138 valence electrons. The molecule has 0 aliphatic carbocycles. The molecule has 0 aromatic heterocycles. The SMILES string of the molecule is CCCCCCOC(=O)/C=C/C(=O)Oc1c(F)c(F)c(F)c(F)c1F. The lowest BCUT2D eigenvalue weighted by Crippen LogP contribution is -2.12. The molecule has 9 heteroatoms. The van der Waals surface area contributed by atoms with Crippen LogP contribution < -0.4 is 4.74 Å². The Morgan fingerprint density at radius 2 is 1.32 bits per heavy atom. The minimum Gasteiger partial charge on any atom is -0.463 e. The second kappa shape index (κ2) is 9.75. The summed E-state index contributed by atoms with van der Waals surface area (Å²) in [4.78, 5) is 22.6. The van der Waals surface area contributed by atoms with Crippen LogP contribution in [0.25, 0.3) is 0 Å². The van der Waals surface area contributed by atoms with Gasteiger partial charge >= 0.3 is 11.9 Å². The van der Waals surface area contributed by atoms with Crippen molar-refractivity contribution in [3.8, 4) is 5.75 Å². The van der Waals surface area contributed by atoms with Crippen LogP contribution >= 0.6 is 0 Å². The van der Waals surface area contributed by atoms with Gasteiger partial charge in [-0.05, 0) is 6.42 Å². The Balaban J connectivity index is 2.64. The highest BCUT2D eigenvalue weighted by molar-refractivity contribution is 5.92. The molecule has 0 atom stereocenters. The summed E-state index contributed by atoms with van der Waals surface area (Å²) in [7, 11) is 0. The molecule has 0 spiro atoms. The highest BCUT2D eigenvalue weighted by Gasteiger charge is 2.28. The van der Waals surface area contributed by atoms with Crippen LogP contribution in [-0.4, -0.2) is 18.5 Å². The van der Waals surface area contributed by atoms with E-state index in [0.717, 1.165) is 19.3 Å². The van der Waals surface area contributed by atoms with Crippen LogP contribution in [0.1, 0.15) is 32.6 Å². The molecule has 0 N–H and O–H groups in total.